The monoisotopic (exact) mass is 339 g/mol. The summed E-state index contributed by atoms with van der Waals surface area (Å²) >= 11 is 7.58. The first-order valence-electron chi connectivity index (χ1n) is 6.84. The minimum Gasteiger partial charge on any atom is -0.496 e. The molecule has 0 aliphatic heterocycles. The summed E-state index contributed by atoms with van der Waals surface area (Å²) in [7, 11) is 1.48. The number of rotatable bonds is 5. The van der Waals surface area contributed by atoms with Gasteiger partial charge >= 0.3 is 0 Å². The molecule has 0 saturated heterocycles. The molecule has 2 aromatic rings. The fourth-order valence-corrected chi connectivity index (χ4v) is 2.95. The van der Waals surface area contributed by atoms with Gasteiger partial charge in [0.2, 0.25) is 0 Å². The molecule has 1 aromatic heterocycles. The topological polar surface area (TPSA) is 77.2 Å². The molecule has 1 unspecified atom stereocenters. The molecule has 1 amide bonds. The van der Waals surface area contributed by atoms with E-state index in [9.17, 15) is 4.79 Å². The first kappa shape index (κ1) is 16.6. The van der Waals surface area contributed by atoms with Crippen LogP contribution >= 0.6 is 22.9 Å². The Morgan fingerprint density at radius 3 is 2.86 bits per heavy atom. The SMILES string of the molecule is CCc1nc(C(C)NC(=O)c2cc(Cl)c(N)cc2OC)cs1. The van der Waals surface area contributed by atoms with E-state index in [4.69, 9.17) is 22.1 Å². The van der Waals surface area contributed by atoms with Crippen LogP contribution in [0.3, 0.4) is 0 Å². The van der Waals surface area contributed by atoms with Crippen LogP contribution in [0.4, 0.5) is 5.69 Å². The molecule has 2 rings (SSSR count). The molecule has 0 radical (unpaired) electrons. The normalized spacial score (nSPS) is 12.0. The Morgan fingerprint density at radius 1 is 1.55 bits per heavy atom. The number of nitrogens with two attached hydrogens (primary N) is 1. The number of aromatic nitrogens is 1. The lowest BCUT2D eigenvalue weighted by Crippen LogP contribution is -2.27. The quantitative estimate of drug-likeness (QED) is 0.818. The van der Waals surface area contributed by atoms with Crippen molar-refractivity contribution in [1.29, 1.82) is 0 Å². The molecule has 1 atom stereocenters. The number of nitrogens with zero attached hydrogens (tertiary/aromatic N) is 1. The van der Waals surface area contributed by atoms with Gasteiger partial charge in [0.15, 0.2) is 0 Å². The van der Waals surface area contributed by atoms with Crippen LogP contribution in [0.15, 0.2) is 17.5 Å². The second kappa shape index (κ2) is 6.98. The highest BCUT2D eigenvalue weighted by molar-refractivity contribution is 7.09. The maximum Gasteiger partial charge on any atom is 0.255 e. The number of thiazole rings is 1. The van der Waals surface area contributed by atoms with Crippen LogP contribution in [0.1, 0.15) is 40.9 Å². The van der Waals surface area contributed by atoms with Gasteiger partial charge in [-0.05, 0) is 19.4 Å². The second-order valence-corrected chi connectivity index (χ2v) is 6.14. The van der Waals surface area contributed by atoms with Gasteiger partial charge in [0, 0.05) is 11.4 Å². The molecule has 0 aliphatic rings. The Balaban J connectivity index is 2.19. The van der Waals surface area contributed by atoms with Crippen LogP contribution in [0.2, 0.25) is 5.02 Å². The van der Waals surface area contributed by atoms with E-state index in [2.05, 4.69) is 10.3 Å². The Labute approximate surface area is 138 Å². The zero-order valence-corrected chi connectivity index (χ0v) is 14.2. The van der Waals surface area contributed by atoms with Crippen LogP contribution < -0.4 is 15.8 Å². The predicted octanol–water partition coefficient (Wildman–Crippen LogP) is 3.44. The number of anilines is 1. The van der Waals surface area contributed by atoms with Gasteiger partial charge < -0.3 is 15.8 Å². The molecule has 22 heavy (non-hydrogen) atoms. The molecule has 7 heteroatoms. The number of nitrogen functional groups attached to an aromatic ring is 1. The molecule has 1 aromatic carbocycles. The minimum absolute atomic E-state index is 0.204. The number of ether oxygens (including phenoxy) is 1. The van der Waals surface area contributed by atoms with E-state index < -0.39 is 0 Å². The molecule has 0 bridgehead atoms. The zero-order chi connectivity index (χ0) is 16.3. The number of hydrogen-bond donors (Lipinski definition) is 2. The summed E-state index contributed by atoms with van der Waals surface area (Å²) < 4.78 is 5.20. The zero-order valence-electron chi connectivity index (χ0n) is 12.6. The molecule has 1 heterocycles. The van der Waals surface area contributed by atoms with Crippen molar-refractivity contribution in [3.8, 4) is 5.75 Å². The van der Waals surface area contributed by atoms with Crippen molar-refractivity contribution in [2.24, 2.45) is 0 Å². The number of aryl methyl sites for hydroxylation is 1. The number of hydrogen-bond acceptors (Lipinski definition) is 5. The van der Waals surface area contributed by atoms with E-state index in [1.807, 2.05) is 19.2 Å². The molecule has 118 valence electrons. The lowest BCUT2D eigenvalue weighted by molar-refractivity contribution is 0.0936. The molecule has 3 N–H and O–H groups in total. The van der Waals surface area contributed by atoms with Crippen molar-refractivity contribution in [3.63, 3.8) is 0 Å². The van der Waals surface area contributed by atoms with Gasteiger partial charge in [0.05, 0.1) is 40.1 Å². The number of methoxy groups -OCH3 is 1. The maximum atomic E-state index is 12.4. The van der Waals surface area contributed by atoms with Crippen LogP contribution in [0.25, 0.3) is 0 Å². The van der Waals surface area contributed by atoms with Crippen molar-refractivity contribution in [1.82, 2.24) is 10.3 Å². The van der Waals surface area contributed by atoms with Crippen molar-refractivity contribution in [2.45, 2.75) is 26.3 Å². The number of halogens is 1. The van der Waals surface area contributed by atoms with Crippen molar-refractivity contribution >= 4 is 34.5 Å². The van der Waals surface area contributed by atoms with Gasteiger partial charge in [-0.25, -0.2) is 4.98 Å². The van der Waals surface area contributed by atoms with E-state index in [0.29, 0.717) is 22.0 Å². The fourth-order valence-electron chi connectivity index (χ4n) is 1.95. The number of carbonyl (C=O) groups is 1. The summed E-state index contributed by atoms with van der Waals surface area (Å²) in [5, 5.41) is 6.22. The van der Waals surface area contributed by atoms with E-state index in [-0.39, 0.29) is 11.9 Å². The van der Waals surface area contributed by atoms with Crippen LogP contribution in [0, 0.1) is 0 Å². The second-order valence-electron chi connectivity index (χ2n) is 4.79. The Hall–Kier alpha value is -1.79. The lowest BCUT2D eigenvalue weighted by Gasteiger charge is -2.14. The first-order chi connectivity index (χ1) is 10.5. The Morgan fingerprint density at radius 2 is 2.27 bits per heavy atom. The summed E-state index contributed by atoms with van der Waals surface area (Å²) in [5.74, 6) is 0.108. The lowest BCUT2D eigenvalue weighted by atomic mass is 10.1. The fraction of sp³-hybridized carbons (Fsp3) is 0.333. The van der Waals surface area contributed by atoms with E-state index in [0.717, 1.165) is 17.1 Å². The number of benzene rings is 1. The molecule has 0 fully saturated rings. The number of amides is 1. The van der Waals surface area contributed by atoms with Gasteiger partial charge in [-0.3, -0.25) is 4.79 Å². The van der Waals surface area contributed by atoms with Gasteiger partial charge in [-0.2, -0.15) is 0 Å². The predicted molar refractivity (Wildman–Crippen MR) is 89.8 cm³/mol. The highest BCUT2D eigenvalue weighted by Crippen LogP contribution is 2.29. The summed E-state index contributed by atoms with van der Waals surface area (Å²) in [5.41, 5.74) is 7.28. The van der Waals surface area contributed by atoms with Crippen molar-refractivity contribution < 1.29 is 9.53 Å². The van der Waals surface area contributed by atoms with Crippen LogP contribution in [0.5, 0.6) is 5.75 Å². The van der Waals surface area contributed by atoms with Gasteiger partial charge in [-0.1, -0.05) is 18.5 Å². The number of nitrogens with one attached hydrogen (secondary N) is 1. The highest BCUT2D eigenvalue weighted by Gasteiger charge is 2.18. The smallest absolute Gasteiger partial charge is 0.255 e. The van der Waals surface area contributed by atoms with Gasteiger partial charge in [0.25, 0.3) is 5.91 Å². The largest absolute Gasteiger partial charge is 0.496 e. The minimum atomic E-state index is -0.280. The third-order valence-electron chi connectivity index (χ3n) is 3.23. The van der Waals surface area contributed by atoms with Crippen LogP contribution in [-0.4, -0.2) is 18.0 Å². The Bertz CT molecular complexity index is 687. The Kier molecular flexibility index (Phi) is 5.26. The summed E-state index contributed by atoms with van der Waals surface area (Å²) in [6.45, 7) is 3.94. The molecular weight excluding hydrogens is 322 g/mol. The maximum absolute atomic E-state index is 12.4. The third kappa shape index (κ3) is 3.51. The van der Waals surface area contributed by atoms with Crippen LogP contribution in [-0.2, 0) is 6.42 Å². The average molecular weight is 340 g/mol. The molecular formula is C15H18ClN3O2S. The van der Waals surface area contributed by atoms with E-state index in [1.165, 1.54) is 13.2 Å². The highest BCUT2D eigenvalue weighted by atomic mass is 35.5. The summed E-state index contributed by atoms with van der Waals surface area (Å²) in [6.07, 6.45) is 0.882. The molecule has 0 saturated carbocycles. The molecule has 0 spiro atoms. The standard InChI is InChI=1S/C15H18ClN3O2S/c1-4-14-19-12(7-22-14)8(2)18-15(20)9-5-10(16)11(17)6-13(9)21-3/h5-8H,4,17H2,1-3H3,(H,18,20). The van der Waals surface area contributed by atoms with E-state index >= 15 is 0 Å². The van der Waals surface area contributed by atoms with Gasteiger partial charge in [0.1, 0.15) is 5.75 Å². The summed E-state index contributed by atoms with van der Waals surface area (Å²) in [6, 6.07) is 2.85. The molecule has 0 aliphatic carbocycles. The average Bonchev–Trinajstić information content (AvgIpc) is 2.98. The molecule has 5 nitrogen and oxygen atoms in total. The summed E-state index contributed by atoms with van der Waals surface area (Å²) in [4.78, 5) is 16.9. The van der Waals surface area contributed by atoms with Gasteiger partial charge in [-0.15, -0.1) is 11.3 Å². The van der Waals surface area contributed by atoms with Crippen molar-refractivity contribution in [3.05, 3.63) is 38.8 Å². The third-order valence-corrected chi connectivity index (χ3v) is 4.57. The number of carbonyl (C=O) groups excluding carboxylic acids is 1. The van der Waals surface area contributed by atoms with E-state index in [1.54, 1.807) is 17.4 Å². The van der Waals surface area contributed by atoms with Crippen molar-refractivity contribution in [2.75, 3.05) is 12.8 Å². The first-order valence-corrected chi connectivity index (χ1v) is 8.10.